The zero-order valence-electron chi connectivity index (χ0n) is 85.0. The molecule has 0 aliphatic rings. The molecule has 0 unspecified atom stereocenters. The van der Waals surface area contributed by atoms with E-state index in [0.29, 0.717) is 48.3 Å². The molecule has 0 spiro atoms. The Morgan fingerprint density at radius 2 is 0.657 bits per heavy atom. The number of aliphatic hydroxyl groups is 4. The van der Waals surface area contributed by atoms with E-state index >= 15 is 0 Å². The summed E-state index contributed by atoms with van der Waals surface area (Å²) >= 11 is 0. The average Bonchev–Trinajstić information content (AvgIpc) is 0.757. The number of carbonyl (C=O) groups excluding carboxylic acids is 4. The van der Waals surface area contributed by atoms with Crippen molar-refractivity contribution in [3.63, 3.8) is 0 Å². The zero-order chi connectivity index (χ0) is 97.1. The second-order valence-corrected chi connectivity index (χ2v) is 37.1. The van der Waals surface area contributed by atoms with Gasteiger partial charge in [0.25, 0.3) is 0 Å². The number of ketones is 4. The Labute approximate surface area is 858 Å². The molecule has 0 saturated carbocycles. The van der Waals surface area contributed by atoms with Gasteiger partial charge in [-0.25, -0.2) is 0 Å². The van der Waals surface area contributed by atoms with Crippen LogP contribution in [-0.2, 0) is 99.6 Å². The van der Waals surface area contributed by atoms with Crippen LogP contribution in [0.1, 0.15) is 281 Å². The van der Waals surface area contributed by atoms with Crippen molar-refractivity contribution >= 4 is 66.7 Å². The van der Waals surface area contributed by atoms with E-state index in [1.54, 1.807) is 0 Å². The molecule has 0 bridgehead atoms. The van der Waals surface area contributed by atoms with E-state index in [2.05, 4.69) is 305 Å². The topological polar surface area (TPSA) is 201 Å². The Balaban J connectivity index is 0.000000777. The number of fused-ring (bicyclic) bond motifs is 4. The zero-order valence-corrected chi connectivity index (χ0v) is 94.6. The summed E-state index contributed by atoms with van der Waals surface area (Å²) in [4.78, 5) is 63.3. The number of nitrogens with zero attached hydrogens (tertiary/aromatic N) is 4. The second kappa shape index (κ2) is 61.1. The van der Waals surface area contributed by atoms with Crippen molar-refractivity contribution in [2.24, 2.45) is 35.5 Å². The smallest absolute Gasteiger partial charge is 0.162 e. The normalized spacial score (nSPS) is 11.3. The van der Waals surface area contributed by atoms with Crippen molar-refractivity contribution in [3.8, 4) is 45.0 Å². The number of carbonyl (C=O) groups is 4. The molecule has 728 valence electrons. The maximum absolute atomic E-state index is 11.7. The molecule has 4 aromatic heterocycles. The number of pyridine rings is 4. The van der Waals surface area contributed by atoms with Crippen molar-refractivity contribution < 1.29 is 120 Å². The number of hydrogen-bond acceptors (Lipinski definition) is 12. The third kappa shape index (κ3) is 41.8. The summed E-state index contributed by atoms with van der Waals surface area (Å²) < 4.78 is 0. The van der Waals surface area contributed by atoms with Crippen LogP contribution in [-0.4, -0.2) is 63.5 Å². The summed E-state index contributed by atoms with van der Waals surface area (Å²) in [7, 11) is 0. The molecule has 12 rings (SSSR count). The summed E-state index contributed by atoms with van der Waals surface area (Å²) in [6, 6.07) is 73.7. The fraction of sp³-hybridized carbons (Fsp3) is 0.390. The van der Waals surface area contributed by atoms with E-state index in [1.807, 2.05) is 83.1 Å². The van der Waals surface area contributed by atoms with E-state index in [0.717, 1.165) is 115 Å². The van der Waals surface area contributed by atoms with Crippen molar-refractivity contribution in [2.75, 3.05) is 0 Å². The first-order valence-electron chi connectivity index (χ1n) is 46.6. The molecule has 8 aromatic carbocycles. The van der Waals surface area contributed by atoms with E-state index < -0.39 is 0 Å². The summed E-state index contributed by atoms with van der Waals surface area (Å²) in [5, 5.41) is 41.5. The molecular weight excluding hydrogens is 2370 g/mol. The molecule has 4 radical (unpaired) electrons. The van der Waals surface area contributed by atoms with Gasteiger partial charge >= 0.3 is 0 Å². The molecule has 0 atom stereocenters. The van der Waals surface area contributed by atoms with Crippen LogP contribution in [0.4, 0.5) is 0 Å². The van der Waals surface area contributed by atoms with Crippen LogP contribution in [0.2, 0.25) is 0 Å². The molecular formula is C118H148Ir4N4O8-4. The minimum absolute atomic E-state index is 0. The third-order valence-corrected chi connectivity index (χ3v) is 21.7. The standard InChI is InChI=1S/4C20H20N.C13H24O2.C11H20O2.C9H16O2.C5H8O2.4Ir/c2*1-13(2)17-6-5-16-7-8-19(21-20(16)12-17)18-10-14(3)9-15(4)11-18;2*1-13(2)17-6-5-7-20-18(17)8-9-19(21-20)16-11-14(3)10-15(4)12-16;1-5-10(6-2)12(14)9-13(15)11(7-3)8-4;1-8(2)5-10(12)7-11(13)6-9(3)4;1-6(2)8(10)5-9(11)7(3)4;1-4(6)3-5(2)7;;;;/h2*5-10,12-13H,1-4H3;2*5-11,13H,1-4H3;9-11,14H,5-8H2,1-4H3;7-9,12H,5-6H2,1-4H3;5-7,10H,1-4H3;3,6H,1-2H3;;;;/q4*-1;;;;;;;;. The van der Waals surface area contributed by atoms with Crippen LogP contribution in [0.15, 0.2) is 217 Å². The van der Waals surface area contributed by atoms with Crippen molar-refractivity contribution in [3.05, 3.63) is 308 Å². The average molecular weight is 2520 g/mol. The van der Waals surface area contributed by atoms with Gasteiger partial charge in [0.15, 0.2) is 23.1 Å². The van der Waals surface area contributed by atoms with Gasteiger partial charge < -0.3 is 20.4 Å². The summed E-state index contributed by atoms with van der Waals surface area (Å²) in [6.45, 7) is 60.7. The minimum atomic E-state index is -0.125. The van der Waals surface area contributed by atoms with Crippen molar-refractivity contribution in [2.45, 2.75) is 270 Å². The molecule has 0 saturated heterocycles. The van der Waals surface area contributed by atoms with Gasteiger partial charge in [-0.1, -0.05) is 291 Å². The van der Waals surface area contributed by atoms with Gasteiger partial charge in [0.1, 0.15) is 0 Å². The van der Waals surface area contributed by atoms with Crippen LogP contribution < -0.4 is 0 Å². The van der Waals surface area contributed by atoms with Gasteiger partial charge in [0.2, 0.25) is 0 Å². The van der Waals surface area contributed by atoms with Gasteiger partial charge in [-0.3, -0.25) is 39.1 Å². The molecule has 12 aromatic rings. The number of rotatable bonds is 24. The number of aryl methyl sites for hydroxylation is 8. The maximum Gasteiger partial charge on any atom is 0.162 e. The molecule has 4 N–H and O–H groups in total. The predicted molar refractivity (Wildman–Crippen MR) is 549 cm³/mol. The Morgan fingerprint density at radius 3 is 0.933 bits per heavy atom. The second-order valence-electron chi connectivity index (χ2n) is 37.1. The number of aromatic nitrogens is 4. The first-order valence-corrected chi connectivity index (χ1v) is 46.6. The number of allylic oxidation sites excluding steroid dienone is 8. The summed E-state index contributed by atoms with van der Waals surface area (Å²) in [6.07, 6.45) is 9.85. The van der Waals surface area contributed by atoms with Gasteiger partial charge in [0, 0.05) is 152 Å². The van der Waals surface area contributed by atoms with Gasteiger partial charge in [0.05, 0.1) is 45.1 Å². The van der Waals surface area contributed by atoms with E-state index in [9.17, 15) is 34.5 Å². The molecule has 12 nitrogen and oxygen atoms in total. The summed E-state index contributed by atoms with van der Waals surface area (Å²) in [5.74, 6) is 3.68. The Morgan fingerprint density at radius 1 is 0.336 bits per heavy atom. The molecule has 0 aliphatic heterocycles. The molecule has 0 fully saturated rings. The Bertz CT molecular complexity index is 5410. The maximum atomic E-state index is 11.7. The van der Waals surface area contributed by atoms with Gasteiger partial charge in [-0.2, -0.15) is 0 Å². The van der Waals surface area contributed by atoms with E-state index in [-0.39, 0.29) is 150 Å². The molecule has 0 aliphatic carbocycles. The van der Waals surface area contributed by atoms with Crippen molar-refractivity contribution in [1.29, 1.82) is 0 Å². The monoisotopic (exact) mass is 2520 g/mol. The van der Waals surface area contributed by atoms with Crippen molar-refractivity contribution in [1.82, 2.24) is 19.9 Å². The van der Waals surface area contributed by atoms with Gasteiger partial charge in [-0.15, -0.1) is 140 Å². The fourth-order valence-corrected chi connectivity index (χ4v) is 14.8. The molecule has 16 heteroatoms. The quantitative estimate of drug-likeness (QED) is 0.0254. The fourth-order valence-electron chi connectivity index (χ4n) is 14.8. The predicted octanol–water partition coefficient (Wildman–Crippen LogP) is 32.1. The van der Waals surface area contributed by atoms with E-state index in [4.69, 9.17) is 25.0 Å². The third-order valence-electron chi connectivity index (χ3n) is 21.7. The first kappa shape index (κ1) is 123. The first-order chi connectivity index (χ1) is 61.2. The van der Waals surface area contributed by atoms with Gasteiger partial charge in [-0.05, 0) is 155 Å². The summed E-state index contributed by atoms with van der Waals surface area (Å²) in [5.41, 5.74) is 27.5. The number of benzene rings is 8. The van der Waals surface area contributed by atoms with Crippen LogP contribution in [0.5, 0.6) is 0 Å². The Hall–Kier alpha value is -9.16. The van der Waals surface area contributed by atoms with E-state index in [1.165, 1.54) is 104 Å². The molecule has 134 heavy (non-hydrogen) atoms. The number of hydrogen-bond donors (Lipinski definition) is 4. The minimum Gasteiger partial charge on any atom is -0.512 e. The van der Waals surface area contributed by atoms with Crippen LogP contribution in [0.3, 0.4) is 0 Å². The van der Waals surface area contributed by atoms with Crippen LogP contribution in [0, 0.1) is 115 Å². The molecule has 0 amide bonds. The Kier molecular flexibility index (Phi) is 56.0. The largest absolute Gasteiger partial charge is 0.512 e. The van der Waals surface area contributed by atoms with Crippen LogP contribution >= 0.6 is 0 Å². The number of aliphatic hydroxyl groups excluding tert-OH is 4. The SMILES string of the molecule is CC(=O)C=C(C)O.CC(C)C(=O)C=C(O)C(C)C.CC(C)CC(=O)C=C(O)CC(C)C.CCC(CC)C(=O)C=C(O)C(CC)CC.Cc1[c-]c(-c2ccc3c(C(C)C)cccc3n2)cc(C)c1.Cc1[c-]c(-c2ccc3c(C(C)C)cccc3n2)cc(C)c1.Cc1[c-]c(-c2ccc3ccc(C(C)C)cc3n2)cc(C)c1.Cc1[c-]c(-c2ccc3ccc(C(C)C)cc3n2)cc(C)c1.[Ir].[Ir].[Ir].[Ir]. The molecule has 4 heterocycles. The van der Waals surface area contributed by atoms with Crippen LogP contribution in [0.25, 0.3) is 88.6 Å².